The molecule has 4 nitrogen and oxygen atoms in total. The first kappa shape index (κ1) is 11.3. The van der Waals surface area contributed by atoms with Crippen LogP contribution in [0.15, 0.2) is 18.5 Å². The van der Waals surface area contributed by atoms with Gasteiger partial charge in [-0.1, -0.05) is 6.42 Å². The molecule has 1 N–H and O–H groups in total. The molecule has 100 valence electrons. The van der Waals surface area contributed by atoms with E-state index < -0.39 is 0 Å². The molecule has 19 heavy (non-hydrogen) atoms. The summed E-state index contributed by atoms with van der Waals surface area (Å²) in [5.74, 6) is 3.92. The van der Waals surface area contributed by atoms with E-state index in [9.17, 15) is 0 Å². The van der Waals surface area contributed by atoms with Gasteiger partial charge in [0.25, 0.3) is 0 Å². The lowest BCUT2D eigenvalue weighted by molar-refractivity contribution is 0.348. The van der Waals surface area contributed by atoms with Crippen LogP contribution in [0.3, 0.4) is 0 Å². The zero-order valence-electron chi connectivity index (χ0n) is 11.3. The van der Waals surface area contributed by atoms with Gasteiger partial charge in [-0.05, 0) is 61.6 Å². The molecule has 0 aromatic carbocycles. The summed E-state index contributed by atoms with van der Waals surface area (Å²) in [6.07, 6.45) is 7.43. The number of nitrogens with zero attached hydrogens (tertiary/aromatic N) is 3. The highest BCUT2D eigenvalue weighted by molar-refractivity contribution is 5.51. The largest absolute Gasteiger partial charge is 0.370 e. The fraction of sp³-hybridized carbons (Fsp3) is 0.600. The standard InChI is InChI=1S/C15H20N4/c1-10-4-14(19-15(5-10)17-9-18-19)16-8-13-7-11-2-3-12(13)6-11/h4-5,9,11-13,16H,2-3,6-8H2,1H3. The monoisotopic (exact) mass is 256 g/mol. The first-order chi connectivity index (χ1) is 9.29. The number of aromatic nitrogens is 3. The first-order valence-corrected chi connectivity index (χ1v) is 7.34. The molecular weight excluding hydrogens is 236 g/mol. The molecule has 2 saturated carbocycles. The Balaban J connectivity index is 1.53. The van der Waals surface area contributed by atoms with Crippen molar-refractivity contribution in [1.29, 1.82) is 0 Å². The van der Waals surface area contributed by atoms with Gasteiger partial charge in [-0.25, -0.2) is 4.98 Å². The average Bonchev–Trinajstić information content (AvgIpc) is 3.10. The summed E-state index contributed by atoms with van der Waals surface area (Å²) < 4.78 is 1.90. The van der Waals surface area contributed by atoms with E-state index in [4.69, 9.17) is 0 Å². The van der Waals surface area contributed by atoms with Gasteiger partial charge in [0.1, 0.15) is 12.1 Å². The van der Waals surface area contributed by atoms with Gasteiger partial charge in [0.05, 0.1) is 0 Å². The Hall–Kier alpha value is -1.58. The van der Waals surface area contributed by atoms with Gasteiger partial charge in [0.15, 0.2) is 5.65 Å². The van der Waals surface area contributed by atoms with E-state index in [0.29, 0.717) is 0 Å². The number of hydrogen-bond acceptors (Lipinski definition) is 3. The van der Waals surface area contributed by atoms with Crippen molar-refractivity contribution in [2.75, 3.05) is 11.9 Å². The summed E-state index contributed by atoms with van der Waals surface area (Å²) in [4.78, 5) is 4.27. The molecule has 0 saturated heterocycles. The van der Waals surface area contributed by atoms with Crippen molar-refractivity contribution in [3.63, 3.8) is 0 Å². The van der Waals surface area contributed by atoms with E-state index in [0.717, 1.165) is 35.8 Å². The van der Waals surface area contributed by atoms with Crippen molar-refractivity contribution in [2.24, 2.45) is 17.8 Å². The minimum atomic E-state index is 0.859. The summed E-state index contributed by atoms with van der Waals surface area (Å²) in [5, 5.41) is 7.90. The third kappa shape index (κ3) is 1.90. The Labute approximate surface area is 113 Å². The third-order valence-electron chi connectivity index (χ3n) is 4.95. The topological polar surface area (TPSA) is 42.2 Å². The predicted molar refractivity (Wildman–Crippen MR) is 75.2 cm³/mol. The lowest BCUT2D eigenvalue weighted by Crippen LogP contribution is -2.21. The molecule has 4 heteroatoms. The van der Waals surface area contributed by atoms with Gasteiger partial charge in [-0.15, -0.1) is 0 Å². The van der Waals surface area contributed by atoms with E-state index >= 15 is 0 Å². The van der Waals surface area contributed by atoms with Crippen LogP contribution in [0, 0.1) is 24.7 Å². The zero-order chi connectivity index (χ0) is 12.8. The SMILES string of the molecule is Cc1cc(NCC2CC3CCC2C3)n2ncnc2c1. The van der Waals surface area contributed by atoms with E-state index in [2.05, 4.69) is 34.5 Å². The molecule has 0 amide bonds. The van der Waals surface area contributed by atoms with Crippen molar-refractivity contribution in [3.8, 4) is 0 Å². The summed E-state index contributed by atoms with van der Waals surface area (Å²) >= 11 is 0. The molecule has 0 spiro atoms. The quantitative estimate of drug-likeness (QED) is 0.918. The number of rotatable bonds is 3. The van der Waals surface area contributed by atoms with Gasteiger partial charge < -0.3 is 5.32 Å². The molecule has 2 fully saturated rings. The Kier molecular flexibility index (Phi) is 2.50. The van der Waals surface area contributed by atoms with Crippen molar-refractivity contribution in [1.82, 2.24) is 14.6 Å². The minimum Gasteiger partial charge on any atom is -0.370 e. The van der Waals surface area contributed by atoms with E-state index in [1.807, 2.05) is 4.52 Å². The van der Waals surface area contributed by atoms with Crippen LogP contribution in [0.1, 0.15) is 31.2 Å². The number of aryl methyl sites for hydroxylation is 1. The van der Waals surface area contributed by atoms with Gasteiger partial charge in [-0.2, -0.15) is 9.61 Å². The number of nitrogens with one attached hydrogen (secondary N) is 1. The zero-order valence-corrected chi connectivity index (χ0v) is 11.3. The second kappa shape index (κ2) is 4.22. The number of pyridine rings is 1. The van der Waals surface area contributed by atoms with Crippen molar-refractivity contribution in [2.45, 2.75) is 32.6 Å². The van der Waals surface area contributed by atoms with Crippen LogP contribution in [-0.2, 0) is 0 Å². The van der Waals surface area contributed by atoms with Crippen molar-refractivity contribution >= 4 is 11.5 Å². The molecule has 2 bridgehead atoms. The molecule has 3 unspecified atom stereocenters. The fourth-order valence-corrected chi connectivity index (χ4v) is 4.04. The fourth-order valence-electron chi connectivity index (χ4n) is 4.04. The number of hydrogen-bond donors (Lipinski definition) is 1. The highest BCUT2D eigenvalue weighted by atomic mass is 15.3. The van der Waals surface area contributed by atoms with Crippen molar-refractivity contribution in [3.05, 3.63) is 24.0 Å². The third-order valence-corrected chi connectivity index (χ3v) is 4.95. The highest BCUT2D eigenvalue weighted by Gasteiger charge is 2.39. The Morgan fingerprint density at radius 3 is 3.05 bits per heavy atom. The van der Waals surface area contributed by atoms with Gasteiger partial charge in [0, 0.05) is 6.54 Å². The number of fused-ring (bicyclic) bond motifs is 3. The minimum absolute atomic E-state index is 0.859. The smallest absolute Gasteiger partial charge is 0.157 e. The number of anilines is 1. The molecule has 0 aliphatic heterocycles. The van der Waals surface area contributed by atoms with Crippen molar-refractivity contribution < 1.29 is 0 Å². The molecule has 2 aromatic rings. The second-order valence-corrected chi connectivity index (χ2v) is 6.26. The molecular formula is C15H20N4. The lowest BCUT2D eigenvalue weighted by Gasteiger charge is -2.22. The van der Waals surface area contributed by atoms with Crippen LogP contribution in [0.25, 0.3) is 5.65 Å². The maximum atomic E-state index is 4.30. The van der Waals surface area contributed by atoms with E-state index in [1.165, 1.54) is 31.2 Å². The maximum Gasteiger partial charge on any atom is 0.157 e. The molecule has 2 aliphatic carbocycles. The molecule has 2 heterocycles. The average molecular weight is 256 g/mol. The van der Waals surface area contributed by atoms with Crippen LogP contribution >= 0.6 is 0 Å². The summed E-state index contributed by atoms with van der Waals surface area (Å²) in [7, 11) is 0. The summed E-state index contributed by atoms with van der Waals surface area (Å²) in [6.45, 7) is 3.19. The van der Waals surface area contributed by atoms with Crippen LogP contribution in [0.2, 0.25) is 0 Å². The van der Waals surface area contributed by atoms with Crippen LogP contribution in [0.5, 0.6) is 0 Å². The van der Waals surface area contributed by atoms with Crippen LogP contribution in [-0.4, -0.2) is 21.1 Å². The molecule has 2 aliphatic rings. The molecule has 4 rings (SSSR count). The Morgan fingerprint density at radius 2 is 2.26 bits per heavy atom. The van der Waals surface area contributed by atoms with Gasteiger partial charge in [-0.3, -0.25) is 0 Å². The maximum absolute atomic E-state index is 4.30. The summed E-state index contributed by atoms with van der Waals surface area (Å²) in [6, 6.07) is 4.23. The lowest BCUT2D eigenvalue weighted by atomic mass is 9.89. The van der Waals surface area contributed by atoms with Gasteiger partial charge in [0.2, 0.25) is 0 Å². The van der Waals surface area contributed by atoms with E-state index in [1.54, 1.807) is 6.33 Å². The van der Waals surface area contributed by atoms with Gasteiger partial charge >= 0.3 is 0 Å². The first-order valence-electron chi connectivity index (χ1n) is 7.34. The van der Waals surface area contributed by atoms with Crippen LogP contribution in [0.4, 0.5) is 5.82 Å². The highest BCUT2D eigenvalue weighted by Crippen LogP contribution is 2.48. The molecule has 3 atom stereocenters. The molecule has 0 radical (unpaired) electrons. The van der Waals surface area contributed by atoms with E-state index in [-0.39, 0.29) is 0 Å². The second-order valence-electron chi connectivity index (χ2n) is 6.26. The molecule has 2 aromatic heterocycles. The van der Waals surface area contributed by atoms with Crippen LogP contribution < -0.4 is 5.32 Å². The summed E-state index contributed by atoms with van der Waals surface area (Å²) in [5.41, 5.74) is 2.16. The Morgan fingerprint density at radius 1 is 1.32 bits per heavy atom. The Bertz CT molecular complexity index is 603. The normalized spacial score (nSPS) is 29.2. The predicted octanol–water partition coefficient (Wildman–Crippen LogP) is 2.89.